The second-order valence-corrected chi connectivity index (χ2v) is 4.14. The molecule has 0 unspecified atom stereocenters. The number of benzene rings is 1. The van der Waals surface area contributed by atoms with E-state index >= 15 is 0 Å². The highest BCUT2D eigenvalue weighted by Crippen LogP contribution is 2.23. The van der Waals surface area contributed by atoms with E-state index in [1.807, 2.05) is 0 Å². The molecule has 86 valence electrons. The topological polar surface area (TPSA) is 80.9 Å². The van der Waals surface area contributed by atoms with E-state index in [9.17, 15) is 4.79 Å². The van der Waals surface area contributed by atoms with Crippen LogP contribution in [0.4, 0.5) is 11.4 Å². The summed E-state index contributed by atoms with van der Waals surface area (Å²) in [6.07, 6.45) is 4.38. The molecule has 0 atom stereocenters. The summed E-state index contributed by atoms with van der Waals surface area (Å²) >= 11 is 3.29. The predicted octanol–water partition coefficient (Wildman–Crippen LogP) is 2.07. The molecule has 3 N–H and O–H groups in total. The van der Waals surface area contributed by atoms with Crippen LogP contribution in [0, 0.1) is 0 Å². The number of rotatable bonds is 2. The molecule has 0 fully saturated rings. The molecule has 6 heteroatoms. The van der Waals surface area contributed by atoms with Crippen LogP contribution in [-0.4, -0.2) is 15.9 Å². The molecule has 0 bridgehead atoms. The fourth-order valence-corrected chi connectivity index (χ4v) is 1.60. The van der Waals surface area contributed by atoms with Crippen molar-refractivity contribution in [1.29, 1.82) is 0 Å². The predicted molar refractivity (Wildman–Crippen MR) is 68.5 cm³/mol. The first kappa shape index (κ1) is 11.5. The Labute approximate surface area is 106 Å². The lowest BCUT2D eigenvalue weighted by Gasteiger charge is -2.05. The van der Waals surface area contributed by atoms with Gasteiger partial charge in [-0.3, -0.25) is 9.78 Å². The van der Waals surface area contributed by atoms with E-state index in [-0.39, 0.29) is 11.6 Å². The number of nitrogens with one attached hydrogen (secondary N) is 1. The van der Waals surface area contributed by atoms with Gasteiger partial charge in [0.2, 0.25) is 0 Å². The number of nitrogen functional groups attached to an aromatic ring is 1. The van der Waals surface area contributed by atoms with E-state index in [1.165, 1.54) is 18.6 Å². The van der Waals surface area contributed by atoms with E-state index in [0.29, 0.717) is 11.4 Å². The lowest BCUT2D eigenvalue weighted by Crippen LogP contribution is -2.13. The highest BCUT2D eigenvalue weighted by molar-refractivity contribution is 9.10. The van der Waals surface area contributed by atoms with E-state index in [4.69, 9.17) is 5.73 Å². The smallest absolute Gasteiger partial charge is 0.275 e. The molecule has 0 radical (unpaired) electrons. The Kier molecular flexibility index (Phi) is 3.34. The fourth-order valence-electron chi connectivity index (χ4n) is 1.22. The quantitative estimate of drug-likeness (QED) is 0.831. The Hall–Kier alpha value is -1.95. The third kappa shape index (κ3) is 2.79. The molecule has 1 heterocycles. The minimum atomic E-state index is -0.310. The van der Waals surface area contributed by atoms with Crippen LogP contribution in [0.5, 0.6) is 0 Å². The summed E-state index contributed by atoms with van der Waals surface area (Å²) in [6.45, 7) is 0. The zero-order valence-corrected chi connectivity index (χ0v) is 10.3. The van der Waals surface area contributed by atoms with Gasteiger partial charge in [-0.05, 0) is 34.1 Å². The maximum absolute atomic E-state index is 11.8. The number of hydrogen-bond donors (Lipinski definition) is 2. The normalized spacial score (nSPS) is 9.94. The summed E-state index contributed by atoms with van der Waals surface area (Å²) in [5.74, 6) is -0.310. The Morgan fingerprint density at radius 3 is 2.82 bits per heavy atom. The number of carbonyl (C=O) groups excluding carboxylic acids is 1. The average molecular weight is 293 g/mol. The summed E-state index contributed by atoms with van der Waals surface area (Å²) in [4.78, 5) is 19.5. The van der Waals surface area contributed by atoms with Crippen LogP contribution in [0.2, 0.25) is 0 Å². The van der Waals surface area contributed by atoms with Gasteiger partial charge < -0.3 is 11.1 Å². The van der Waals surface area contributed by atoms with Crippen LogP contribution in [0.25, 0.3) is 0 Å². The van der Waals surface area contributed by atoms with Gasteiger partial charge in [0.25, 0.3) is 5.91 Å². The molecular weight excluding hydrogens is 284 g/mol. The first-order valence-electron chi connectivity index (χ1n) is 4.79. The molecule has 0 spiro atoms. The lowest BCUT2D eigenvalue weighted by atomic mass is 10.3. The summed E-state index contributed by atoms with van der Waals surface area (Å²) in [6, 6.07) is 5.15. The summed E-state index contributed by atoms with van der Waals surface area (Å²) < 4.78 is 0.731. The van der Waals surface area contributed by atoms with Crippen LogP contribution >= 0.6 is 15.9 Å². The molecule has 0 aliphatic heterocycles. The number of aromatic nitrogens is 2. The first-order chi connectivity index (χ1) is 8.16. The Morgan fingerprint density at radius 2 is 2.18 bits per heavy atom. The highest BCUT2D eigenvalue weighted by Gasteiger charge is 2.07. The SMILES string of the molecule is Nc1ccc(NC(=O)c2cnccn2)cc1Br. The summed E-state index contributed by atoms with van der Waals surface area (Å²) in [5.41, 5.74) is 7.17. The molecule has 0 aliphatic carbocycles. The molecule has 5 nitrogen and oxygen atoms in total. The van der Waals surface area contributed by atoms with Gasteiger partial charge in [0.1, 0.15) is 5.69 Å². The monoisotopic (exact) mass is 292 g/mol. The fraction of sp³-hybridized carbons (Fsp3) is 0. The zero-order valence-electron chi connectivity index (χ0n) is 8.72. The third-order valence-electron chi connectivity index (χ3n) is 2.05. The van der Waals surface area contributed by atoms with Crippen molar-refractivity contribution >= 4 is 33.2 Å². The molecule has 2 aromatic rings. The molecule has 0 aliphatic rings. The van der Waals surface area contributed by atoms with E-state index in [2.05, 4.69) is 31.2 Å². The van der Waals surface area contributed by atoms with Crippen LogP contribution < -0.4 is 11.1 Å². The van der Waals surface area contributed by atoms with Crippen LogP contribution in [0.1, 0.15) is 10.5 Å². The first-order valence-corrected chi connectivity index (χ1v) is 5.58. The number of halogens is 1. The van der Waals surface area contributed by atoms with E-state index in [1.54, 1.807) is 18.2 Å². The van der Waals surface area contributed by atoms with Crippen molar-refractivity contribution in [3.63, 3.8) is 0 Å². The Balaban J connectivity index is 2.16. The number of carbonyl (C=O) groups is 1. The van der Waals surface area contributed by atoms with Crippen molar-refractivity contribution in [2.45, 2.75) is 0 Å². The van der Waals surface area contributed by atoms with Gasteiger partial charge in [-0.1, -0.05) is 0 Å². The molecule has 0 saturated heterocycles. The summed E-state index contributed by atoms with van der Waals surface area (Å²) in [7, 11) is 0. The van der Waals surface area contributed by atoms with Gasteiger partial charge in [0, 0.05) is 28.2 Å². The Morgan fingerprint density at radius 1 is 1.35 bits per heavy atom. The number of amides is 1. The van der Waals surface area contributed by atoms with Crippen molar-refractivity contribution in [2.24, 2.45) is 0 Å². The minimum absolute atomic E-state index is 0.264. The van der Waals surface area contributed by atoms with Gasteiger partial charge in [-0.25, -0.2) is 4.98 Å². The number of anilines is 2. The molecule has 1 aromatic heterocycles. The maximum Gasteiger partial charge on any atom is 0.275 e. The Bertz CT molecular complexity index is 544. The van der Waals surface area contributed by atoms with Crippen molar-refractivity contribution in [3.8, 4) is 0 Å². The maximum atomic E-state index is 11.8. The second-order valence-electron chi connectivity index (χ2n) is 3.28. The molecule has 1 amide bonds. The molecule has 17 heavy (non-hydrogen) atoms. The average Bonchev–Trinajstić information content (AvgIpc) is 2.35. The second kappa shape index (κ2) is 4.92. The standard InChI is InChI=1S/C11H9BrN4O/c12-8-5-7(1-2-9(8)13)16-11(17)10-6-14-3-4-15-10/h1-6H,13H2,(H,16,17). The van der Waals surface area contributed by atoms with Gasteiger partial charge in [0.05, 0.1) is 6.20 Å². The van der Waals surface area contributed by atoms with Crippen LogP contribution in [0.15, 0.2) is 41.3 Å². The summed E-state index contributed by atoms with van der Waals surface area (Å²) in [5, 5.41) is 2.70. The van der Waals surface area contributed by atoms with Crippen molar-refractivity contribution < 1.29 is 4.79 Å². The van der Waals surface area contributed by atoms with Gasteiger partial charge in [0.15, 0.2) is 0 Å². The minimum Gasteiger partial charge on any atom is -0.398 e. The van der Waals surface area contributed by atoms with Crippen molar-refractivity contribution in [2.75, 3.05) is 11.1 Å². The van der Waals surface area contributed by atoms with E-state index in [0.717, 1.165) is 4.47 Å². The molecular formula is C11H9BrN4O. The third-order valence-corrected chi connectivity index (χ3v) is 2.74. The zero-order chi connectivity index (χ0) is 12.3. The van der Waals surface area contributed by atoms with E-state index < -0.39 is 0 Å². The highest BCUT2D eigenvalue weighted by atomic mass is 79.9. The molecule has 0 saturated carbocycles. The molecule has 1 aromatic carbocycles. The number of hydrogen-bond acceptors (Lipinski definition) is 4. The van der Waals surface area contributed by atoms with Crippen molar-refractivity contribution in [1.82, 2.24) is 9.97 Å². The van der Waals surface area contributed by atoms with Gasteiger partial charge >= 0.3 is 0 Å². The van der Waals surface area contributed by atoms with Gasteiger partial charge in [-0.2, -0.15) is 0 Å². The van der Waals surface area contributed by atoms with Crippen LogP contribution in [0.3, 0.4) is 0 Å². The van der Waals surface area contributed by atoms with Crippen molar-refractivity contribution in [3.05, 3.63) is 47.0 Å². The van der Waals surface area contributed by atoms with Crippen LogP contribution in [-0.2, 0) is 0 Å². The largest absolute Gasteiger partial charge is 0.398 e. The molecule has 2 rings (SSSR count). The number of nitrogens with two attached hydrogens (primary N) is 1. The van der Waals surface area contributed by atoms with Gasteiger partial charge in [-0.15, -0.1) is 0 Å². The lowest BCUT2D eigenvalue weighted by molar-refractivity contribution is 0.102. The number of nitrogens with zero attached hydrogens (tertiary/aromatic N) is 2.